The van der Waals surface area contributed by atoms with Gasteiger partial charge in [0.15, 0.2) is 17.3 Å². The molecule has 5 nitrogen and oxygen atoms in total. The van der Waals surface area contributed by atoms with E-state index in [2.05, 4.69) is 71.6 Å². The van der Waals surface area contributed by atoms with Gasteiger partial charge >= 0.3 is 0 Å². The van der Waals surface area contributed by atoms with Crippen LogP contribution in [-0.2, 0) is 10.2 Å². The summed E-state index contributed by atoms with van der Waals surface area (Å²) in [6.07, 6.45) is 1.18. The molecule has 1 heterocycles. The van der Waals surface area contributed by atoms with Crippen LogP contribution in [0.15, 0.2) is 76.4 Å². The van der Waals surface area contributed by atoms with Crippen LogP contribution in [0.25, 0.3) is 0 Å². The lowest BCUT2D eigenvalue weighted by Crippen LogP contribution is -2.27. The molecule has 3 aromatic rings. The number of nitrogens with one attached hydrogen (secondary N) is 2. The molecule has 5 rings (SSSR count). The smallest absolute Gasteiger partial charge is 0.172 e. The van der Waals surface area contributed by atoms with Crippen LogP contribution in [0.3, 0.4) is 0 Å². The zero-order chi connectivity index (χ0) is 25.6. The van der Waals surface area contributed by atoms with Crippen molar-refractivity contribution in [1.29, 1.82) is 0 Å². The lowest BCUT2D eigenvalue weighted by Gasteiger charge is -2.30. The first-order valence-corrected chi connectivity index (χ1v) is 13.0. The fourth-order valence-electron chi connectivity index (χ4n) is 5.15. The maximum Gasteiger partial charge on any atom is 0.172 e. The number of benzene rings is 3. The number of carbonyl (C=O) groups is 1. The van der Waals surface area contributed by atoms with Crippen molar-refractivity contribution in [2.75, 3.05) is 17.7 Å². The summed E-state index contributed by atoms with van der Waals surface area (Å²) in [6, 6.07) is 20.0. The second-order valence-electron chi connectivity index (χ2n) is 10.6. The van der Waals surface area contributed by atoms with Gasteiger partial charge in [0.1, 0.15) is 0 Å². The minimum atomic E-state index is -0.390. The molecule has 0 fully saturated rings. The highest BCUT2D eigenvalue weighted by molar-refractivity contribution is 9.10. The van der Waals surface area contributed by atoms with E-state index < -0.39 is 6.04 Å². The van der Waals surface area contributed by atoms with Crippen LogP contribution in [0.2, 0.25) is 0 Å². The Balaban J connectivity index is 1.58. The second-order valence-corrected chi connectivity index (χ2v) is 11.4. The third-order valence-corrected chi connectivity index (χ3v) is 7.77. The number of carbonyl (C=O) groups excluding carboxylic acids is 1. The quantitative estimate of drug-likeness (QED) is 0.318. The van der Waals surface area contributed by atoms with Crippen molar-refractivity contribution < 1.29 is 14.6 Å². The fourth-order valence-corrected chi connectivity index (χ4v) is 5.61. The van der Waals surface area contributed by atoms with Gasteiger partial charge in [0, 0.05) is 17.7 Å². The molecule has 2 atom stereocenters. The molecule has 1 aliphatic carbocycles. The maximum atomic E-state index is 13.8. The molecule has 2 aliphatic rings. The monoisotopic (exact) mass is 546 g/mol. The Morgan fingerprint density at radius 3 is 2.33 bits per heavy atom. The van der Waals surface area contributed by atoms with Gasteiger partial charge in [0.25, 0.3) is 0 Å². The molecule has 36 heavy (non-hydrogen) atoms. The molecule has 1 aliphatic heterocycles. The Labute approximate surface area is 220 Å². The predicted octanol–water partition coefficient (Wildman–Crippen LogP) is 7.44. The molecule has 0 aromatic heterocycles. The zero-order valence-electron chi connectivity index (χ0n) is 21.0. The van der Waals surface area contributed by atoms with Crippen molar-refractivity contribution in [3.05, 3.63) is 93.1 Å². The Morgan fingerprint density at radius 2 is 1.67 bits per heavy atom. The summed E-state index contributed by atoms with van der Waals surface area (Å²) in [4.78, 5) is 13.8. The summed E-state index contributed by atoms with van der Waals surface area (Å²) in [5.74, 6) is 0.608. The fraction of sp³-hybridized carbons (Fsp3) is 0.300. The number of rotatable bonds is 3. The van der Waals surface area contributed by atoms with Crippen LogP contribution >= 0.6 is 15.9 Å². The second kappa shape index (κ2) is 9.32. The number of ether oxygens (including phenoxy) is 1. The Hall–Kier alpha value is -3.25. The number of phenols is 1. The summed E-state index contributed by atoms with van der Waals surface area (Å²) in [5, 5.41) is 17.5. The summed E-state index contributed by atoms with van der Waals surface area (Å²) in [6.45, 7) is 6.62. The van der Waals surface area contributed by atoms with Gasteiger partial charge in [0.05, 0.1) is 29.0 Å². The Bertz CT molecular complexity index is 1360. The van der Waals surface area contributed by atoms with Crippen molar-refractivity contribution in [2.45, 2.75) is 51.0 Å². The molecule has 0 saturated heterocycles. The van der Waals surface area contributed by atoms with E-state index in [-0.39, 0.29) is 22.9 Å². The first-order chi connectivity index (χ1) is 17.2. The van der Waals surface area contributed by atoms with Gasteiger partial charge < -0.3 is 20.5 Å². The van der Waals surface area contributed by atoms with E-state index in [0.717, 1.165) is 34.6 Å². The van der Waals surface area contributed by atoms with Crippen LogP contribution < -0.4 is 15.4 Å². The van der Waals surface area contributed by atoms with Crippen LogP contribution in [0.4, 0.5) is 11.4 Å². The molecule has 0 saturated carbocycles. The molecular formula is C30H31BrN2O3. The number of hydrogen-bond donors (Lipinski definition) is 3. The standard InChI is InChI=1S/C30H31BrN2O3/c1-30(2,3)20-11-9-17(10-12-20)18-14-24-27(25(34)15-18)28(33-23-8-6-5-7-22(23)32-24)19-13-21(31)29(35)26(16-19)36-4/h5-13,16,18,28,32-33,35H,14-15H2,1-4H3. The molecule has 0 amide bonds. The average molecular weight is 547 g/mol. The highest BCUT2D eigenvalue weighted by Gasteiger charge is 2.36. The number of methoxy groups -OCH3 is 1. The van der Waals surface area contributed by atoms with Crippen LogP contribution in [0.1, 0.15) is 62.3 Å². The first kappa shape index (κ1) is 24.4. The minimum Gasteiger partial charge on any atom is -0.503 e. The van der Waals surface area contributed by atoms with Gasteiger partial charge in [-0.15, -0.1) is 0 Å². The van der Waals surface area contributed by atoms with E-state index in [1.807, 2.05) is 30.3 Å². The minimum absolute atomic E-state index is 0.0383. The summed E-state index contributed by atoms with van der Waals surface area (Å²) in [5.41, 5.74) is 6.90. The number of Topliss-reactive ketones (excluding diaryl/α,β-unsaturated/α-hetero) is 1. The number of aromatic hydroxyl groups is 1. The number of anilines is 2. The number of phenolic OH excluding ortho intramolecular Hbond substituents is 1. The maximum absolute atomic E-state index is 13.8. The topological polar surface area (TPSA) is 70.6 Å². The molecule has 0 spiro atoms. The number of fused-ring (bicyclic) bond motifs is 1. The van der Waals surface area contributed by atoms with Gasteiger partial charge in [-0.1, -0.05) is 57.2 Å². The molecule has 0 bridgehead atoms. The van der Waals surface area contributed by atoms with E-state index in [0.29, 0.717) is 16.6 Å². The van der Waals surface area contributed by atoms with E-state index in [9.17, 15) is 9.90 Å². The SMILES string of the molecule is COc1cc(C2Nc3ccccc3NC3=C2C(=O)CC(c2ccc(C(C)(C)C)cc2)C3)cc(Br)c1O. The number of para-hydroxylation sites is 2. The number of ketones is 1. The van der Waals surface area contributed by atoms with Crippen LogP contribution in [0, 0.1) is 0 Å². The van der Waals surface area contributed by atoms with Crippen molar-refractivity contribution in [1.82, 2.24) is 0 Å². The van der Waals surface area contributed by atoms with E-state index in [4.69, 9.17) is 4.74 Å². The highest BCUT2D eigenvalue weighted by atomic mass is 79.9. The first-order valence-electron chi connectivity index (χ1n) is 12.2. The van der Waals surface area contributed by atoms with E-state index >= 15 is 0 Å². The highest BCUT2D eigenvalue weighted by Crippen LogP contribution is 2.46. The van der Waals surface area contributed by atoms with Gasteiger partial charge in [0.2, 0.25) is 0 Å². The van der Waals surface area contributed by atoms with Crippen molar-refractivity contribution >= 4 is 33.1 Å². The van der Waals surface area contributed by atoms with Crippen molar-refractivity contribution in [2.24, 2.45) is 0 Å². The summed E-state index contributed by atoms with van der Waals surface area (Å²) >= 11 is 3.44. The molecule has 2 unspecified atom stereocenters. The van der Waals surface area contributed by atoms with Gasteiger partial charge in [-0.2, -0.15) is 0 Å². The number of halogens is 1. The van der Waals surface area contributed by atoms with Crippen molar-refractivity contribution in [3.8, 4) is 11.5 Å². The molecular weight excluding hydrogens is 516 g/mol. The van der Waals surface area contributed by atoms with Gasteiger partial charge in [-0.05, 0) is 74.6 Å². The van der Waals surface area contributed by atoms with Crippen LogP contribution in [0.5, 0.6) is 11.5 Å². The molecule has 0 radical (unpaired) electrons. The van der Waals surface area contributed by atoms with Gasteiger partial charge in [-0.3, -0.25) is 4.79 Å². The predicted molar refractivity (Wildman–Crippen MR) is 148 cm³/mol. The molecule has 6 heteroatoms. The van der Waals surface area contributed by atoms with E-state index in [1.165, 1.54) is 18.2 Å². The molecule has 3 N–H and O–H groups in total. The van der Waals surface area contributed by atoms with E-state index in [1.54, 1.807) is 6.07 Å². The lowest BCUT2D eigenvalue weighted by molar-refractivity contribution is -0.116. The van der Waals surface area contributed by atoms with Crippen molar-refractivity contribution in [3.63, 3.8) is 0 Å². The lowest BCUT2D eigenvalue weighted by atomic mass is 9.77. The average Bonchev–Trinajstić information content (AvgIpc) is 3.02. The largest absolute Gasteiger partial charge is 0.503 e. The third kappa shape index (κ3) is 4.50. The van der Waals surface area contributed by atoms with Gasteiger partial charge in [-0.25, -0.2) is 0 Å². The Morgan fingerprint density at radius 1 is 0.972 bits per heavy atom. The number of hydrogen-bond acceptors (Lipinski definition) is 5. The Kier molecular flexibility index (Phi) is 6.33. The molecule has 186 valence electrons. The normalized spacial score (nSPS) is 19.5. The molecule has 3 aromatic carbocycles. The summed E-state index contributed by atoms with van der Waals surface area (Å²) in [7, 11) is 1.52. The zero-order valence-corrected chi connectivity index (χ0v) is 22.6. The number of allylic oxidation sites excluding steroid dienone is 1. The summed E-state index contributed by atoms with van der Waals surface area (Å²) < 4.78 is 5.92. The third-order valence-electron chi connectivity index (χ3n) is 7.16. The van der Waals surface area contributed by atoms with Crippen LogP contribution in [-0.4, -0.2) is 18.0 Å².